The van der Waals surface area contributed by atoms with Crippen LogP contribution >= 0.6 is 0 Å². The molecule has 0 saturated carbocycles. The number of carbonyl (C=O) groups excluding carboxylic acids is 3. The number of hydrogen-bond acceptors (Lipinski definition) is 9. The zero-order valence-corrected chi connectivity index (χ0v) is 20.3. The number of amides is 3. The van der Waals surface area contributed by atoms with Crippen molar-refractivity contribution in [2.75, 3.05) is 25.5 Å². The summed E-state index contributed by atoms with van der Waals surface area (Å²) in [5.41, 5.74) is 0.479. The number of para-hydroxylation sites is 2. The molecular formula is C23H31N3O9. The van der Waals surface area contributed by atoms with Crippen molar-refractivity contribution in [3.05, 3.63) is 24.3 Å². The third kappa shape index (κ3) is 5.73. The first-order chi connectivity index (χ1) is 16.5. The minimum Gasteiger partial charge on any atom is -0.495 e. The summed E-state index contributed by atoms with van der Waals surface area (Å²) in [6.45, 7) is 6.31. The molecule has 0 radical (unpaired) electrons. The van der Waals surface area contributed by atoms with Gasteiger partial charge in [0.05, 0.1) is 25.9 Å². The fourth-order valence-electron chi connectivity index (χ4n) is 4.27. The summed E-state index contributed by atoms with van der Waals surface area (Å²) in [4.78, 5) is 37.3. The minimum absolute atomic E-state index is 0.285. The van der Waals surface area contributed by atoms with E-state index in [4.69, 9.17) is 28.4 Å². The van der Waals surface area contributed by atoms with Gasteiger partial charge in [0.15, 0.2) is 24.0 Å². The molecule has 3 amide bonds. The molecule has 5 atom stereocenters. The first-order valence-corrected chi connectivity index (χ1v) is 11.3. The van der Waals surface area contributed by atoms with Crippen molar-refractivity contribution in [2.45, 2.75) is 70.0 Å². The van der Waals surface area contributed by atoms with Crippen LogP contribution in [-0.2, 0) is 38.1 Å². The Morgan fingerprint density at radius 2 is 1.49 bits per heavy atom. The van der Waals surface area contributed by atoms with Crippen LogP contribution in [-0.4, -0.2) is 80.2 Å². The van der Waals surface area contributed by atoms with Gasteiger partial charge in [0.25, 0.3) is 5.91 Å². The predicted octanol–water partition coefficient (Wildman–Crippen LogP) is 0.263. The average Bonchev–Trinajstić information content (AvgIpc) is 3.29. The monoisotopic (exact) mass is 493 g/mol. The second kappa shape index (κ2) is 9.70. The van der Waals surface area contributed by atoms with Crippen LogP contribution in [0.1, 0.15) is 27.7 Å². The highest BCUT2D eigenvalue weighted by molar-refractivity contribution is 5.96. The molecule has 0 bridgehead atoms. The lowest BCUT2D eigenvalue weighted by Crippen LogP contribution is -2.60. The molecule has 3 fully saturated rings. The highest BCUT2D eigenvalue weighted by Crippen LogP contribution is 2.44. The van der Waals surface area contributed by atoms with Crippen LogP contribution in [0.15, 0.2) is 24.3 Å². The van der Waals surface area contributed by atoms with Gasteiger partial charge >= 0.3 is 0 Å². The van der Waals surface area contributed by atoms with E-state index in [0.717, 1.165) is 0 Å². The van der Waals surface area contributed by atoms with E-state index in [1.807, 2.05) is 0 Å². The number of methoxy groups -OCH3 is 1. The van der Waals surface area contributed by atoms with Crippen LogP contribution in [0.2, 0.25) is 0 Å². The highest BCUT2D eigenvalue weighted by Gasteiger charge is 2.62. The van der Waals surface area contributed by atoms with E-state index < -0.39 is 60.0 Å². The molecular weight excluding hydrogens is 462 g/mol. The smallest absolute Gasteiger partial charge is 0.252 e. The van der Waals surface area contributed by atoms with Gasteiger partial charge in [-0.15, -0.1) is 0 Å². The van der Waals surface area contributed by atoms with Crippen molar-refractivity contribution in [3.8, 4) is 5.75 Å². The lowest BCUT2D eigenvalue weighted by Gasteiger charge is -2.36. The summed E-state index contributed by atoms with van der Waals surface area (Å²) in [6, 6.07) is 6.90. The maximum absolute atomic E-state index is 12.9. The van der Waals surface area contributed by atoms with Gasteiger partial charge in [-0.05, 0) is 39.8 Å². The number of anilines is 1. The molecule has 0 aromatic heterocycles. The van der Waals surface area contributed by atoms with Crippen molar-refractivity contribution in [2.24, 2.45) is 0 Å². The third-order valence-electron chi connectivity index (χ3n) is 5.66. The number of rotatable bonds is 7. The molecule has 0 unspecified atom stereocenters. The highest BCUT2D eigenvalue weighted by atomic mass is 16.9. The Balaban J connectivity index is 1.29. The lowest BCUT2D eigenvalue weighted by atomic mass is 9.98. The molecule has 0 spiro atoms. The Morgan fingerprint density at radius 3 is 2.23 bits per heavy atom. The zero-order valence-electron chi connectivity index (χ0n) is 20.3. The quantitative estimate of drug-likeness (QED) is 0.487. The fraction of sp³-hybridized carbons (Fsp3) is 0.609. The number of benzene rings is 1. The van der Waals surface area contributed by atoms with E-state index in [2.05, 4.69) is 16.0 Å². The van der Waals surface area contributed by atoms with Gasteiger partial charge in [-0.25, -0.2) is 0 Å². The maximum atomic E-state index is 12.9. The molecule has 35 heavy (non-hydrogen) atoms. The fourth-order valence-corrected chi connectivity index (χ4v) is 4.27. The average molecular weight is 494 g/mol. The van der Waals surface area contributed by atoms with Gasteiger partial charge in [0.2, 0.25) is 11.8 Å². The van der Waals surface area contributed by atoms with Gasteiger partial charge in [-0.3, -0.25) is 14.4 Å². The Morgan fingerprint density at radius 1 is 0.857 bits per heavy atom. The molecule has 1 aromatic rings. The number of ether oxygens (including phenoxy) is 6. The summed E-state index contributed by atoms with van der Waals surface area (Å²) in [5, 5.41) is 7.63. The van der Waals surface area contributed by atoms with Crippen LogP contribution in [0.5, 0.6) is 5.75 Å². The van der Waals surface area contributed by atoms with E-state index in [1.54, 1.807) is 52.0 Å². The van der Waals surface area contributed by atoms with Crippen LogP contribution < -0.4 is 20.7 Å². The Kier molecular flexibility index (Phi) is 7.02. The number of hydrogen-bond donors (Lipinski definition) is 3. The summed E-state index contributed by atoms with van der Waals surface area (Å²) in [7, 11) is 1.49. The van der Waals surface area contributed by atoms with Gasteiger partial charge in [0.1, 0.15) is 24.1 Å². The Hall–Kier alpha value is -2.77. The SMILES string of the molecule is COc1ccccc1NC(=O)CNC(=O)CNC(=O)[C@@H]1O[C@@H]2OC(C)(C)O[C@@H]2[C@H]2OC(C)(C)O[C@H]21. The summed E-state index contributed by atoms with van der Waals surface area (Å²) >= 11 is 0. The first kappa shape index (κ1) is 25.3. The number of fused-ring (bicyclic) bond motifs is 3. The Labute approximate surface area is 202 Å². The van der Waals surface area contributed by atoms with Crippen molar-refractivity contribution in [1.82, 2.24) is 10.6 Å². The van der Waals surface area contributed by atoms with Crippen LogP contribution in [0.4, 0.5) is 5.69 Å². The van der Waals surface area contributed by atoms with Crippen LogP contribution in [0.25, 0.3) is 0 Å². The molecule has 3 aliphatic rings. The first-order valence-electron chi connectivity index (χ1n) is 11.3. The Bertz CT molecular complexity index is 983. The summed E-state index contributed by atoms with van der Waals surface area (Å²) < 4.78 is 34.6. The van der Waals surface area contributed by atoms with E-state index >= 15 is 0 Å². The molecule has 192 valence electrons. The normalized spacial score (nSPS) is 30.0. The van der Waals surface area contributed by atoms with Gasteiger partial charge in [-0.2, -0.15) is 0 Å². The van der Waals surface area contributed by atoms with Gasteiger partial charge in [-0.1, -0.05) is 12.1 Å². The molecule has 0 aliphatic carbocycles. The summed E-state index contributed by atoms with van der Waals surface area (Å²) in [6.07, 6.45) is -3.81. The van der Waals surface area contributed by atoms with Crippen molar-refractivity contribution in [1.29, 1.82) is 0 Å². The molecule has 3 N–H and O–H groups in total. The molecule has 3 heterocycles. The molecule has 12 nitrogen and oxygen atoms in total. The predicted molar refractivity (Wildman–Crippen MR) is 120 cm³/mol. The third-order valence-corrected chi connectivity index (χ3v) is 5.66. The number of nitrogens with one attached hydrogen (secondary N) is 3. The van der Waals surface area contributed by atoms with Crippen molar-refractivity contribution >= 4 is 23.4 Å². The van der Waals surface area contributed by atoms with Crippen LogP contribution in [0.3, 0.4) is 0 Å². The standard InChI is InChI=1S/C23H31N3O9/c1-22(2)32-16-17(33-22)19-21(35-23(3,4)34-19)31-18(16)20(29)25-10-14(27)24-11-15(28)26-12-8-6-7-9-13(12)30-5/h6-9,16-19,21H,10-11H2,1-5H3,(H,24,27)(H,25,29)(H,26,28)/t16-,17+,18-,19-,21-/m1/s1. The molecule has 3 aliphatic heterocycles. The van der Waals surface area contributed by atoms with Gasteiger partial charge < -0.3 is 44.4 Å². The molecule has 4 rings (SSSR count). The van der Waals surface area contributed by atoms with Crippen molar-refractivity contribution in [3.63, 3.8) is 0 Å². The molecule has 12 heteroatoms. The van der Waals surface area contributed by atoms with E-state index in [9.17, 15) is 14.4 Å². The topological polar surface area (TPSA) is 143 Å². The largest absolute Gasteiger partial charge is 0.495 e. The molecule has 1 aromatic carbocycles. The molecule has 3 saturated heterocycles. The second-order valence-corrected chi connectivity index (χ2v) is 9.33. The van der Waals surface area contributed by atoms with E-state index in [0.29, 0.717) is 11.4 Å². The zero-order chi connectivity index (χ0) is 25.4. The van der Waals surface area contributed by atoms with Crippen molar-refractivity contribution < 1.29 is 42.8 Å². The number of carbonyl (C=O) groups is 3. The second-order valence-electron chi connectivity index (χ2n) is 9.33. The van der Waals surface area contributed by atoms with E-state index in [1.165, 1.54) is 7.11 Å². The lowest BCUT2D eigenvalue weighted by molar-refractivity contribution is -0.231. The van der Waals surface area contributed by atoms with Gasteiger partial charge in [0, 0.05) is 0 Å². The van der Waals surface area contributed by atoms with Crippen LogP contribution in [0, 0.1) is 0 Å². The van der Waals surface area contributed by atoms with E-state index in [-0.39, 0.29) is 13.1 Å². The maximum Gasteiger partial charge on any atom is 0.252 e. The minimum atomic E-state index is -1.08. The summed E-state index contributed by atoms with van der Waals surface area (Å²) in [5.74, 6) is -2.93.